The molecule has 3 heterocycles. The second kappa shape index (κ2) is 9.13. The fraction of sp³-hybridized carbons (Fsp3) is 0.111. The molecule has 1 aliphatic heterocycles. The van der Waals surface area contributed by atoms with Crippen LogP contribution in [0.3, 0.4) is 0 Å². The van der Waals surface area contributed by atoms with Crippen molar-refractivity contribution in [2.75, 3.05) is 4.90 Å². The Hall–Kier alpha value is -4.02. The first-order valence-corrected chi connectivity index (χ1v) is 13.1. The fourth-order valence-electron chi connectivity index (χ4n) is 4.30. The number of rotatable bonds is 5. The number of anilines is 1. The molecule has 37 heavy (non-hydrogen) atoms. The van der Waals surface area contributed by atoms with E-state index in [0.29, 0.717) is 20.8 Å². The Balaban J connectivity index is 1.42. The van der Waals surface area contributed by atoms with Gasteiger partial charge in [0, 0.05) is 5.75 Å². The Labute approximate surface area is 218 Å². The summed E-state index contributed by atoms with van der Waals surface area (Å²) in [5.41, 5.74) is 2.60. The number of thioether (sulfide) groups is 1. The number of aryl methyl sites for hydroxylation is 1. The molecule has 6 rings (SSSR count). The lowest BCUT2D eigenvalue weighted by Gasteiger charge is -2.22. The van der Waals surface area contributed by atoms with Crippen molar-refractivity contribution in [3.05, 3.63) is 111 Å². The maximum Gasteiger partial charge on any atom is 0.297 e. The molecule has 1 N–H and O–H groups in total. The molecule has 2 aromatic heterocycles. The van der Waals surface area contributed by atoms with Gasteiger partial charge in [-0.25, -0.2) is 4.39 Å². The first-order valence-electron chi connectivity index (χ1n) is 11.3. The van der Waals surface area contributed by atoms with Crippen LogP contribution in [0.2, 0.25) is 0 Å². The zero-order valence-corrected chi connectivity index (χ0v) is 21.0. The number of phenols is 1. The molecule has 0 radical (unpaired) electrons. The average Bonchev–Trinajstić information content (AvgIpc) is 3.47. The predicted octanol–water partition coefficient (Wildman–Crippen LogP) is 5.84. The van der Waals surface area contributed by atoms with Crippen molar-refractivity contribution in [1.82, 2.24) is 10.2 Å². The van der Waals surface area contributed by atoms with Gasteiger partial charge in [-0.3, -0.25) is 14.5 Å². The van der Waals surface area contributed by atoms with Gasteiger partial charge in [0.15, 0.2) is 9.77 Å². The lowest BCUT2D eigenvalue weighted by atomic mass is 9.98. The molecule has 0 aliphatic carbocycles. The second-order valence-electron chi connectivity index (χ2n) is 8.61. The van der Waals surface area contributed by atoms with E-state index >= 15 is 0 Å². The Kier molecular flexibility index (Phi) is 5.77. The highest BCUT2D eigenvalue weighted by Crippen LogP contribution is 2.43. The average molecular weight is 532 g/mol. The molecular weight excluding hydrogens is 513 g/mol. The molecule has 0 spiro atoms. The quantitative estimate of drug-likeness (QED) is 0.225. The third-order valence-electron chi connectivity index (χ3n) is 6.13. The number of fused-ring (bicyclic) bond motifs is 2. The van der Waals surface area contributed by atoms with Crippen LogP contribution in [0, 0.1) is 12.7 Å². The molecule has 1 aliphatic rings. The van der Waals surface area contributed by atoms with Crippen LogP contribution in [-0.2, 0) is 5.75 Å². The van der Waals surface area contributed by atoms with Gasteiger partial charge in [0.05, 0.1) is 17.0 Å². The van der Waals surface area contributed by atoms with E-state index < -0.39 is 23.2 Å². The molecule has 1 unspecified atom stereocenters. The molecule has 1 atom stereocenters. The van der Waals surface area contributed by atoms with E-state index in [1.165, 1.54) is 57.8 Å². The van der Waals surface area contributed by atoms with Crippen molar-refractivity contribution in [1.29, 1.82) is 0 Å². The first-order chi connectivity index (χ1) is 17.9. The van der Waals surface area contributed by atoms with E-state index in [9.17, 15) is 19.1 Å². The Morgan fingerprint density at radius 3 is 2.57 bits per heavy atom. The van der Waals surface area contributed by atoms with Crippen molar-refractivity contribution in [3.63, 3.8) is 0 Å². The molecule has 5 aromatic rings. The van der Waals surface area contributed by atoms with Crippen molar-refractivity contribution < 1.29 is 18.7 Å². The molecule has 1 amide bonds. The van der Waals surface area contributed by atoms with Crippen LogP contribution >= 0.6 is 23.1 Å². The topological polar surface area (TPSA) is 96.5 Å². The molecule has 10 heteroatoms. The summed E-state index contributed by atoms with van der Waals surface area (Å²) in [6.07, 6.45) is 0. The molecule has 0 bridgehead atoms. The van der Waals surface area contributed by atoms with Gasteiger partial charge in [0.25, 0.3) is 5.91 Å². The fourth-order valence-corrected chi connectivity index (χ4v) is 6.13. The minimum absolute atomic E-state index is 0.0400. The summed E-state index contributed by atoms with van der Waals surface area (Å²) in [6.45, 7) is 2.03. The van der Waals surface area contributed by atoms with Gasteiger partial charge in [0.2, 0.25) is 10.9 Å². The van der Waals surface area contributed by atoms with Crippen molar-refractivity contribution in [3.8, 4) is 5.75 Å². The third kappa shape index (κ3) is 4.17. The molecule has 7 nitrogen and oxygen atoms in total. The number of aromatic nitrogens is 2. The summed E-state index contributed by atoms with van der Waals surface area (Å²) in [4.78, 5) is 28.6. The highest BCUT2D eigenvalue weighted by Gasteiger charge is 2.45. The smallest absolute Gasteiger partial charge is 0.297 e. The van der Waals surface area contributed by atoms with E-state index in [0.717, 1.165) is 11.6 Å². The van der Waals surface area contributed by atoms with Crippen LogP contribution in [-0.4, -0.2) is 21.2 Å². The summed E-state index contributed by atoms with van der Waals surface area (Å²) >= 11 is 2.73. The summed E-state index contributed by atoms with van der Waals surface area (Å²) < 4.78 is 20.5. The van der Waals surface area contributed by atoms with Crippen LogP contribution in [0.5, 0.6) is 5.75 Å². The van der Waals surface area contributed by atoms with Gasteiger partial charge in [-0.1, -0.05) is 65.1 Å². The SMILES string of the molecule is Cc1ccc(CSc2nnc(N3C(=O)c4oc5ccc(F)cc5c(=O)c4C3c3ccc(O)cc3)s2)cc1. The summed E-state index contributed by atoms with van der Waals surface area (Å²) in [5.74, 6) is -0.518. The number of nitrogens with zero attached hydrogens (tertiary/aromatic N) is 3. The predicted molar refractivity (Wildman–Crippen MR) is 140 cm³/mol. The molecule has 0 fully saturated rings. The summed E-state index contributed by atoms with van der Waals surface area (Å²) in [6, 6.07) is 17.1. The Morgan fingerprint density at radius 1 is 1.05 bits per heavy atom. The number of carbonyl (C=O) groups is 1. The van der Waals surface area contributed by atoms with Gasteiger partial charge in [-0.05, 0) is 48.4 Å². The Morgan fingerprint density at radius 2 is 1.81 bits per heavy atom. The standard InChI is InChI=1S/C27H18FN3O4S2/c1-14-2-4-15(5-3-14)13-36-27-30-29-26(37-27)31-22(16-6-9-18(32)10-7-16)21-23(33)19-12-17(28)8-11-20(19)35-24(21)25(31)34/h2-12,22,32H,13H2,1H3. The van der Waals surface area contributed by atoms with Gasteiger partial charge in [-0.2, -0.15) is 0 Å². The number of hydrogen-bond acceptors (Lipinski definition) is 8. The lowest BCUT2D eigenvalue weighted by Crippen LogP contribution is -2.29. The van der Waals surface area contributed by atoms with Crippen molar-refractivity contribution >= 4 is 45.1 Å². The van der Waals surface area contributed by atoms with E-state index in [2.05, 4.69) is 22.3 Å². The lowest BCUT2D eigenvalue weighted by molar-refractivity contribution is 0.0970. The van der Waals surface area contributed by atoms with Crippen LogP contribution in [0.1, 0.15) is 38.9 Å². The highest BCUT2D eigenvalue weighted by molar-refractivity contribution is 8.00. The van der Waals surface area contributed by atoms with E-state index in [-0.39, 0.29) is 28.0 Å². The van der Waals surface area contributed by atoms with Crippen LogP contribution in [0.15, 0.2) is 80.3 Å². The summed E-state index contributed by atoms with van der Waals surface area (Å²) in [5, 5.41) is 18.7. The van der Waals surface area contributed by atoms with Crippen LogP contribution < -0.4 is 10.3 Å². The molecule has 3 aromatic carbocycles. The van der Waals surface area contributed by atoms with Gasteiger partial charge in [0.1, 0.15) is 17.1 Å². The van der Waals surface area contributed by atoms with Crippen LogP contribution in [0.4, 0.5) is 9.52 Å². The number of phenolic OH excluding ortho intramolecular Hbond substituents is 1. The van der Waals surface area contributed by atoms with Crippen molar-refractivity contribution in [2.24, 2.45) is 0 Å². The van der Waals surface area contributed by atoms with Gasteiger partial charge < -0.3 is 9.52 Å². The second-order valence-corrected chi connectivity index (χ2v) is 10.8. The number of aromatic hydroxyl groups is 1. The number of hydrogen-bond donors (Lipinski definition) is 1. The maximum atomic E-state index is 14.0. The summed E-state index contributed by atoms with van der Waals surface area (Å²) in [7, 11) is 0. The van der Waals surface area contributed by atoms with Gasteiger partial charge >= 0.3 is 0 Å². The number of halogens is 1. The number of amides is 1. The number of benzene rings is 3. The zero-order chi connectivity index (χ0) is 25.7. The minimum Gasteiger partial charge on any atom is -0.508 e. The molecule has 184 valence electrons. The monoisotopic (exact) mass is 531 g/mol. The minimum atomic E-state index is -0.880. The Bertz CT molecular complexity index is 1720. The van der Waals surface area contributed by atoms with E-state index in [4.69, 9.17) is 4.42 Å². The maximum absolute atomic E-state index is 14.0. The number of carbonyl (C=O) groups excluding carboxylic acids is 1. The third-order valence-corrected chi connectivity index (χ3v) is 8.25. The zero-order valence-electron chi connectivity index (χ0n) is 19.3. The van der Waals surface area contributed by atoms with Crippen LogP contribution in [0.25, 0.3) is 11.0 Å². The van der Waals surface area contributed by atoms with Crippen molar-refractivity contribution in [2.45, 2.75) is 23.1 Å². The molecule has 0 saturated carbocycles. The first kappa shape index (κ1) is 23.4. The van der Waals surface area contributed by atoms with Gasteiger partial charge in [-0.15, -0.1) is 10.2 Å². The molecule has 0 saturated heterocycles. The van der Waals surface area contributed by atoms with E-state index in [1.54, 1.807) is 12.1 Å². The largest absolute Gasteiger partial charge is 0.508 e. The highest BCUT2D eigenvalue weighted by atomic mass is 32.2. The van der Waals surface area contributed by atoms with E-state index in [1.807, 2.05) is 19.1 Å². The molecular formula is C27H18FN3O4S2. The normalized spacial score (nSPS) is 14.9.